The summed E-state index contributed by atoms with van der Waals surface area (Å²) in [6.45, 7) is 6.05. The second kappa shape index (κ2) is 8.59. The Morgan fingerprint density at radius 2 is 1.65 bits per heavy atom. The second-order valence-electron chi connectivity index (χ2n) is 4.13. The number of amides is 2. The van der Waals surface area contributed by atoms with Gasteiger partial charge in [-0.3, -0.25) is 9.59 Å². The SMILES string of the molecule is CC(=O)NC(C(=O)N(CCCl)CCCl)C(C)C. The third kappa shape index (κ3) is 6.13. The lowest BCUT2D eigenvalue weighted by Gasteiger charge is -2.28. The monoisotopic (exact) mass is 282 g/mol. The molecule has 0 heterocycles. The van der Waals surface area contributed by atoms with Gasteiger partial charge in [-0.15, -0.1) is 23.2 Å². The first-order valence-electron chi connectivity index (χ1n) is 5.61. The van der Waals surface area contributed by atoms with Gasteiger partial charge in [-0.25, -0.2) is 0 Å². The van der Waals surface area contributed by atoms with Crippen LogP contribution in [0.1, 0.15) is 20.8 Å². The van der Waals surface area contributed by atoms with Gasteiger partial charge in [-0.1, -0.05) is 13.8 Å². The van der Waals surface area contributed by atoms with Crippen molar-refractivity contribution in [1.82, 2.24) is 10.2 Å². The molecule has 0 spiro atoms. The minimum absolute atomic E-state index is 0.0274. The van der Waals surface area contributed by atoms with E-state index in [2.05, 4.69) is 5.32 Å². The van der Waals surface area contributed by atoms with Crippen LogP contribution in [0, 0.1) is 5.92 Å². The average molecular weight is 283 g/mol. The Hall–Kier alpha value is -0.480. The number of halogens is 2. The van der Waals surface area contributed by atoms with E-state index in [1.807, 2.05) is 13.8 Å². The predicted molar refractivity (Wildman–Crippen MR) is 70.5 cm³/mol. The third-order valence-electron chi connectivity index (χ3n) is 2.31. The predicted octanol–water partition coefficient (Wildman–Crippen LogP) is 1.45. The highest BCUT2D eigenvalue weighted by molar-refractivity contribution is 6.18. The van der Waals surface area contributed by atoms with E-state index in [-0.39, 0.29) is 17.7 Å². The molecule has 0 saturated carbocycles. The highest BCUT2D eigenvalue weighted by atomic mass is 35.5. The van der Waals surface area contributed by atoms with Crippen LogP contribution < -0.4 is 5.32 Å². The van der Waals surface area contributed by atoms with Crippen molar-refractivity contribution in [3.8, 4) is 0 Å². The molecular weight excluding hydrogens is 263 g/mol. The van der Waals surface area contributed by atoms with Crippen LogP contribution in [0.4, 0.5) is 0 Å². The highest BCUT2D eigenvalue weighted by Crippen LogP contribution is 2.07. The highest BCUT2D eigenvalue weighted by Gasteiger charge is 2.27. The summed E-state index contributed by atoms with van der Waals surface area (Å²) in [5.74, 6) is 0.394. The van der Waals surface area contributed by atoms with Gasteiger partial charge in [0.1, 0.15) is 6.04 Å². The van der Waals surface area contributed by atoms with Crippen LogP contribution in [0.15, 0.2) is 0 Å². The Morgan fingerprint density at radius 3 is 1.94 bits per heavy atom. The summed E-state index contributed by atoms with van der Waals surface area (Å²) in [5, 5.41) is 2.66. The van der Waals surface area contributed by atoms with Gasteiger partial charge in [-0.2, -0.15) is 0 Å². The molecule has 2 amide bonds. The van der Waals surface area contributed by atoms with Crippen LogP contribution >= 0.6 is 23.2 Å². The van der Waals surface area contributed by atoms with E-state index in [1.165, 1.54) is 6.92 Å². The normalized spacial score (nSPS) is 12.4. The summed E-state index contributed by atoms with van der Waals surface area (Å²) in [6, 6.07) is -0.515. The van der Waals surface area contributed by atoms with E-state index in [1.54, 1.807) is 4.90 Å². The Morgan fingerprint density at radius 1 is 1.18 bits per heavy atom. The van der Waals surface area contributed by atoms with Crippen LogP contribution in [-0.2, 0) is 9.59 Å². The molecule has 1 atom stereocenters. The minimum atomic E-state index is -0.515. The molecule has 6 heteroatoms. The zero-order valence-electron chi connectivity index (χ0n) is 10.5. The molecule has 0 aliphatic rings. The molecule has 0 aliphatic carbocycles. The number of nitrogens with one attached hydrogen (secondary N) is 1. The summed E-state index contributed by atoms with van der Waals surface area (Å²) < 4.78 is 0. The van der Waals surface area contributed by atoms with Gasteiger partial charge in [-0.05, 0) is 5.92 Å². The third-order valence-corrected chi connectivity index (χ3v) is 2.65. The lowest BCUT2D eigenvalue weighted by molar-refractivity contribution is -0.136. The van der Waals surface area contributed by atoms with Crippen molar-refractivity contribution in [1.29, 1.82) is 0 Å². The fourth-order valence-corrected chi connectivity index (χ4v) is 1.87. The van der Waals surface area contributed by atoms with Gasteiger partial charge < -0.3 is 10.2 Å². The zero-order chi connectivity index (χ0) is 13.4. The fraction of sp³-hybridized carbons (Fsp3) is 0.818. The van der Waals surface area contributed by atoms with Gasteiger partial charge in [0, 0.05) is 31.8 Å². The molecule has 0 aromatic rings. The van der Waals surface area contributed by atoms with Gasteiger partial charge in [0.05, 0.1) is 0 Å². The van der Waals surface area contributed by atoms with Crippen LogP contribution in [0.5, 0.6) is 0 Å². The second-order valence-corrected chi connectivity index (χ2v) is 4.88. The lowest BCUT2D eigenvalue weighted by atomic mass is 10.0. The number of carbonyl (C=O) groups excluding carboxylic acids is 2. The molecular formula is C11H20Cl2N2O2. The maximum atomic E-state index is 12.2. The van der Waals surface area contributed by atoms with Crippen molar-refractivity contribution in [2.75, 3.05) is 24.8 Å². The summed E-state index contributed by atoms with van der Waals surface area (Å²) in [5.41, 5.74) is 0. The molecule has 0 aliphatic heterocycles. The van der Waals surface area contributed by atoms with E-state index in [4.69, 9.17) is 23.2 Å². The maximum Gasteiger partial charge on any atom is 0.245 e. The minimum Gasteiger partial charge on any atom is -0.344 e. The zero-order valence-corrected chi connectivity index (χ0v) is 12.0. The molecule has 0 aromatic carbocycles. The Balaban J connectivity index is 4.70. The van der Waals surface area contributed by atoms with Crippen LogP contribution in [0.25, 0.3) is 0 Å². The molecule has 0 aromatic heterocycles. The summed E-state index contributed by atoms with van der Waals surface area (Å²) in [6.07, 6.45) is 0. The van der Waals surface area contributed by atoms with E-state index in [0.717, 1.165) is 0 Å². The van der Waals surface area contributed by atoms with Crippen molar-refractivity contribution in [2.24, 2.45) is 5.92 Å². The number of nitrogens with zero attached hydrogens (tertiary/aromatic N) is 1. The topological polar surface area (TPSA) is 49.4 Å². The quantitative estimate of drug-likeness (QED) is 0.719. The number of carbonyl (C=O) groups is 2. The molecule has 1 unspecified atom stereocenters. The van der Waals surface area contributed by atoms with Crippen molar-refractivity contribution < 1.29 is 9.59 Å². The molecule has 4 nitrogen and oxygen atoms in total. The maximum absolute atomic E-state index is 12.2. The van der Waals surface area contributed by atoms with E-state index < -0.39 is 6.04 Å². The number of hydrogen-bond donors (Lipinski definition) is 1. The molecule has 0 saturated heterocycles. The summed E-state index contributed by atoms with van der Waals surface area (Å²) in [7, 11) is 0. The Kier molecular flexibility index (Phi) is 8.35. The van der Waals surface area contributed by atoms with E-state index >= 15 is 0 Å². The summed E-state index contributed by atoms with van der Waals surface area (Å²) in [4.78, 5) is 24.8. The van der Waals surface area contributed by atoms with Gasteiger partial charge in [0.2, 0.25) is 11.8 Å². The fourth-order valence-electron chi connectivity index (χ4n) is 1.47. The Labute approximate surface area is 113 Å². The molecule has 17 heavy (non-hydrogen) atoms. The van der Waals surface area contributed by atoms with Crippen LogP contribution in [0.3, 0.4) is 0 Å². The van der Waals surface area contributed by atoms with Crippen LogP contribution in [-0.4, -0.2) is 47.6 Å². The number of hydrogen-bond acceptors (Lipinski definition) is 2. The molecule has 0 fully saturated rings. The first-order chi connectivity index (χ1) is 7.93. The largest absolute Gasteiger partial charge is 0.344 e. The molecule has 100 valence electrons. The first kappa shape index (κ1) is 16.5. The van der Waals surface area contributed by atoms with Crippen molar-refractivity contribution in [2.45, 2.75) is 26.8 Å². The van der Waals surface area contributed by atoms with Gasteiger partial charge >= 0.3 is 0 Å². The number of rotatable bonds is 7. The van der Waals surface area contributed by atoms with Crippen molar-refractivity contribution >= 4 is 35.0 Å². The molecule has 1 N–H and O–H groups in total. The number of alkyl halides is 2. The van der Waals surface area contributed by atoms with Gasteiger partial charge in [0.25, 0.3) is 0 Å². The molecule has 0 rings (SSSR count). The average Bonchev–Trinajstić information content (AvgIpc) is 2.24. The molecule has 0 radical (unpaired) electrons. The van der Waals surface area contributed by atoms with E-state index in [0.29, 0.717) is 24.8 Å². The van der Waals surface area contributed by atoms with Crippen LogP contribution in [0.2, 0.25) is 0 Å². The van der Waals surface area contributed by atoms with E-state index in [9.17, 15) is 9.59 Å². The lowest BCUT2D eigenvalue weighted by Crippen LogP contribution is -2.51. The smallest absolute Gasteiger partial charge is 0.245 e. The van der Waals surface area contributed by atoms with Crippen molar-refractivity contribution in [3.05, 3.63) is 0 Å². The van der Waals surface area contributed by atoms with Gasteiger partial charge in [0.15, 0.2) is 0 Å². The first-order valence-corrected chi connectivity index (χ1v) is 6.68. The molecule has 0 bridgehead atoms. The van der Waals surface area contributed by atoms with Crippen molar-refractivity contribution in [3.63, 3.8) is 0 Å². The summed E-state index contributed by atoms with van der Waals surface area (Å²) >= 11 is 11.3. The standard InChI is InChI=1S/C11H20Cl2N2O2/c1-8(2)10(14-9(3)16)11(17)15(6-4-12)7-5-13/h8,10H,4-7H2,1-3H3,(H,14,16). The Bertz CT molecular complexity index is 254.